The largest absolute Gasteiger partial charge is 0.348 e. The zero-order valence-corrected chi connectivity index (χ0v) is 14.3. The maximum atomic E-state index is 12.4. The summed E-state index contributed by atoms with van der Waals surface area (Å²) in [6.07, 6.45) is 3.81. The number of carbonyl (C=O) groups is 1. The smallest absolute Gasteiger partial charge is 0.255 e. The van der Waals surface area contributed by atoms with E-state index in [4.69, 9.17) is 0 Å². The van der Waals surface area contributed by atoms with Gasteiger partial charge < -0.3 is 9.80 Å². The lowest BCUT2D eigenvalue weighted by atomic mass is 10.1. The predicted octanol–water partition coefficient (Wildman–Crippen LogP) is 0.303. The molecule has 1 aliphatic rings. The van der Waals surface area contributed by atoms with Crippen LogP contribution in [-0.4, -0.2) is 57.1 Å². The van der Waals surface area contributed by atoms with Crippen LogP contribution in [0.3, 0.4) is 0 Å². The second kappa shape index (κ2) is 7.00. The topological polar surface area (TPSA) is 95.1 Å². The fourth-order valence-corrected chi connectivity index (χ4v) is 3.13. The van der Waals surface area contributed by atoms with Crippen LogP contribution in [-0.2, 0) is 17.8 Å². The Morgan fingerprint density at radius 3 is 2.83 bits per heavy atom. The molecule has 0 aliphatic carbocycles. The van der Waals surface area contributed by atoms with Crippen molar-refractivity contribution in [2.24, 2.45) is 0 Å². The summed E-state index contributed by atoms with van der Waals surface area (Å²) >= 11 is 1.30. The van der Waals surface area contributed by atoms with E-state index in [0.717, 1.165) is 0 Å². The molecular weight excluding hydrogens is 328 g/mol. The van der Waals surface area contributed by atoms with Gasteiger partial charge in [-0.25, -0.2) is 15.0 Å². The number of nitrogens with one attached hydrogen (secondary N) is 1. The Kier molecular flexibility index (Phi) is 4.79. The minimum Gasteiger partial charge on any atom is -0.348 e. The minimum atomic E-state index is -0.122. The molecule has 0 unspecified atom stereocenters. The number of hydrogen-bond donors (Lipinski definition) is 1. The number of rotatable bonds is 4. The first kappa shape index (κ1) is 16.4. The van der Waals surface area contributed by atoms with Crippen molar-refractivity contribution in [1.29, 1.82) is 0 Å². The van der Waals surface area contributed by atoms with E-state index in [0.29, 0.717) is 41.9 Å². The first-order valence-corrected chi connectivity index (χ1v) is 8.50. The molecule has 1 amide bonds. The molecular formula is C15H18N6O2S. The van der Waals surface area contributed by atoms with Crippen LogP contribution in [0, 0.1) is 0 Å². The third-order valence-electron chi connectivity index (χ3n) is 3.70. The van der Waals surface area contributed by atoms with E-state index in [9.17, 15) is 9.59 Å². The van der Waals surface area contributed by atoms with Crippen LogP contribution >= 0.6 is 11.8 Å². The molecule has 0 bridgehead atoms. The number of amides is 1. The lowest BCUT2D eigenvalue weighted by Crippen LogP contribution is -2.40. The van der Waals surface area contributed by atoms with E-state index < -0.39 is 0 Å². The summed E-state index contributed by atoms with van der Waals surface area (Å²) in [5.74, 6) is 0.759. The predicted molar refractivity (Wildman–Crippen MR) is 91.1 cm³/mol. The molecule has 1 aliphatic heterocycles. The average molecular weight is 346 g/mol. The second-order valence-corrected chi connectivity index (χ2v) is 6.54. The number of fused-ring (bicyclic) bond motifs is 1. The Labute approximate surface area is 143 Å². The maximum Gasteiger partial charge on any atom is 0.255 e. The Balaban J connectivity index is 1.70. The summed E-state index contributed by atoms with van der Waals surface area (Å²) in [4.78, 5) is 43.4. The van der Waals surface area contributed by atoms with Crippen LogP contribution in [0.15, 0.2) is 28.4 Å². The average Bonchev–Trinajstić information content (AvgIpc) is 2.60. The standard InChI is InChI=1S/C15H18N6O2S/c1-20(2)14-18-11-8-21(7-4-10(11)13(23)19-14)12(22)9-24-15-16-5-3-6-17-15/h3,5-6H,4,7-9H2,1-2H3,(H,18,19,23). The summed E-state index contributed by atoms with van der Waals surface area (Å²) in [7, 11) is 3.62. The van der Waals surface area contributed by atoms with E-state index in [2.05, 4.69) is 19.9 Å². The van der Waals surface area contributed by atoms with Crippen molar-refractivity contribution in [2.45, 2.75) is 18.1 Å². The van der Waals surface area contributed by atoms with Crippen LogP contribution < -0.4 is 10.5 Å². The van der Waals surface area contributed by atoms with Gasteiger partial charge in [0.15, 0.2) is 5.16 Å². The lowest BCUT2D eigenvalue weighted by Gasteiger charge is -2.28. The van der Waals surface area contributed by atoms with Crippen molar-refractivity contribution in [3.8, 4) is 0 Å². The van der Waals surface area contributed by atoms with Gasteiger partial charge in [-0.05, 0) is 12.5 Å². The van der Waals surface area contributed by atoms with E-state index in [1.165, 1.54) is 11.8 Å². The number of H-pyrrole nitrogens is 1. The highest BCUT2D eigenvalue weighted by Gasteiger charge is 2.24. The van der Waals surface area contributed by atoms with Gasteiger partial charge in [0.2, 0.25) is 11.9 Å². The van der Waals surface area contributed by atoms with Gasteiger partial charge in [0.1, 0.15) is 0 Å². The molecule has 3 rings (SSSR count). The first-order valence-electron chi connectivity index (χ1n) is 7.51. The number of anilines is 1. The van der Waals surface area contributed by atoms with Crippen molar-refractivity contribution in [1.82, 2.24) is 24.8 Å². The highest BCUT2D eigenvalue weighted by atomic mass is 32.2. The lowest BCUT2D eigenvalue weighted by molar-refractivity contribution is -0.129. The second-order valence-electron chi connectivity index (χ2n) is 5.59. The summed E-state index contributed by atoms with van der Waals surface area (Å²) < 4.78 is 0. The van der Waals surface area contributed by atoms with Gasteiger partial charge in [-0.3, -0.25) is 14.6 Å². The van der Waals surface area contributed by atoms with Crippen molar-refractivity contribution in [3.05, 3.63) is 40.1 Å². The van der Waals surface area contributed by atoms with Crippen LogP contribution in [0.1, 0.15) is 11.3 Å². The van der Waals surface area contributed by atoms with Gasteiger partial charge in [-0.1, -0.05) is 11.8 Å². The monoisotopic (exact) mass is 346 g/mol. The molecule has 1 N–H and O–H groups in total. The zero-order valence-electron chi connectivity index (χ0n) is 13.5. The number of hydrogen-bond acceptors (Lipinski definition) is 7. The number of carbonyl (C=O) groups excluding carboxylic acids is 1. The summed E-state index contributed by atoms with van der Waals surface area (Å²) in [6, 6.07) is 1.74. The van der Waals surface area contributed by atoms with Gasteiger partial charge in [-0.2, -0.15) is 0 Å². The molecule has 0 atom stereocenters. The summed E-state index contributed by atoms with van der Waals surface area (Å²) in [5.41, 5.74) is 1.22. The Bertz CT molecular complexity index is 792. The van der Waals surface area contributed by atoms with Gasteiger partial charge in [0, 0.05) is 38.6 Å². The normalized spacial score (nSPS) is 13.5. The highest BCUT2D eigenvalue weighted by Crippen LogP contribution is 2.18. The van der Waals surface area contributed by atoms with Crippen LogP contribution in [0.4, 0.5) is 5.95 Å². The Morgan fingerprint density at radius 2 is 2.12 bits per heavy atom. The third-order valence-corrected chi connectivity index (χ3v) is 4.56. The quantitative estimate of drug-likeness (QED) is 0.628. The molecule has 0 radical (unpaired) electrons. The fourth-order valence-electron chi connectivity index (χ4n) is 2.43. The van der Waals surface area contributed by atoms with E-state index in [1.807, 2.05) is 14.1 Å². The zero-order chi connectivity index (χ0) is 17.1. The van der Waals surface area contributed by atoms with E-state index >= 15 is 0 Å². The molecule has 2 aromatic heterocycles. The van der Waals surface area contributed by atoms with Gasteiger partial charge in [0.05, 0.1) is 18.0 Å². The van der Waals surface area contributed by atoms with Crippen LogP contribution in [0.2, 0.25) is 0 Å². The van der Waals surface area contributed by atoms with Gasteiger partial charge >= 0.3 is 0 Å². The molecule has 24 heavy (non-hydrogen) atoms. The fraction of sp³-hybridized carbons (Fsp3) is 0.400. The SMILES string of the molecule is CN(C)c1nc2c(c(=O)[nH]1)CCN(C(=O)CSc1ncccn1)C2. The first-order chi connectivity index (χ1) is 11.5. The molecule has 8 nitrogen and oxygen atoms in total. The van der Waals surface area contributed by atoms with Crippen molar-refractivity contribution in [2.75, 3.05) is 31.3 Å². The number of aromatic amines is 1. The van der Waals surface area contributed by atoms with E-state index in [1.54, 1.807) is 28.3 Å². The summed E-state index contributed by atoms with van der Waals surface area (Å²) in [5, 5.41) is 0.577. The molecule has 0 spiro atoms. The molecule has 0 fully saturated rings. The number of aromatic nitrogens is 4. The third kappa shape index (κ3) is 3.56. The summed E-state index contributed by atoms with van der Waals surface area (Å²) in [6.45, 7) is 0.878. The molecule has 0 saturated heterocycles. The molecule has 3 heterocycles. The van der Waals surface area contributed by atoms with E-state index in [-0.39, 0.29) is 17.2 Å². The number of thioether (sulfide) groups is 1. The Morgan fingerprint density at radius 1 is 1.38 bits per heavy atom. The van der Waals surface area contributed by atoms with Gasteiger partial charge in [0.25, 0.3) is 5.56 Å². The molecule has 0 saturated carbocycles. The Hall–Kier alpha value is -2.42. The van der Waals surface area contributed by atoms with Crippen LogP contribution in [0.5, 0.6) is 0 Å². The maximum absolute atomic E-state index is 12.4. The highest BCUT2D eigenvalue weighted by molar-refractivity contribution is 7.99. The van der Waals surface area contributed by atoms with Gasteiger partial charge in [-0.15, -0.1) is 0 Å². The molecule has 2 aromatic rings. The van der Waals surface area contributed by atoms with Crippen LogP contribution in [0.25, 0.3) is 0 Å². The van der Waals surface area contributed by atoms with Crippen molar-refractivity contribution < 1.29 is 4.79 Å². The molecule has 126 valence electrons. The molecule has 9 heteroatoms. The van der Waals surface area contributed by atoms with Crippen molar-refractivity contribution in [3.63, 3.8) is 0 Å². The van der Waals surface area contributed by atoms with Crippen molar-refractivity contribution >= 4 is 23.6 Å². The number of nitrogens with zero attached hydrogens (tertiary/aromatic N) is 5. The molecule has 0 aromatic carbocycles. The minimum absolute atomic E-state index is 0.00779.